The van der Waals surface area contributed by atoms with Gasteiger partial charge in [-0.2, -0.15) is 0 Å². The molecule has 0 bridgehead atoms. The van der Waals surface area contributed by atoms with Crippen LogP contribution in [0.2, 0.25) is 5.02 Å². The van der Waals surface area contributed by atoms with E-state index < -0.39 is 4.92 Å². The molecule has 1 amide bonds. The van der Waals surface area contributed by atoms with Crippen LogP contribution < -0.4 is 4.90 Å². The Bertz CT molecular complexity index is 1280. The van der Waals surface area contributed by atoms with Crippen LogP contribution in [0.3, 0.4) is 0 Å². The van der Waals surface area contributed by atoms with Crippen LogP contribution in [0.1, 0.15) is 16.9 Å². The van der Waals surface area contributed by atoms with E-state index in [-0.39, 0.29) is 16.6 Å². The molecule has 1 saturated heterocycles. The number of rotatable bonds is 4. The van der Waals surface area contributed by atoms with Gasteiger partial charge >= 0.3 is 0 Å². The minimum atomic E-state index is -0.513. The number of carbonyl (C=O) groups is 1. The molecule has 3 aromatic rings. The van der Waals surface area contributed by atoms with Crippen molar-refractivity contribution in [3.63, 3.8) is 0 Å². The third-order valence-electron chi connectivity index (χ3n) is 4.73. The van der Waals surface area contributed by atoms with Gasteiger partial charge in [-0.1, -0.05) is 47.7 Å². The highest BCUT2D eigenvalue weighted by Gasteiger charge is 2.34. The molecule has 9 heteroatoms. The predicted molar refractivity (Wildman–Crippen MR) is 127 cm³/mol. The molecule has 6 nitrogen and oxygen atoms in total. The van der Waals surface area contributed by atoms with Crippen molar-refractivity contribution in [1.29, 1.82) is 0 Å². The maximum absolute atomic E-state index is 13.0. The number of nitrogens with zero attached hydrogens (tertiary/aromatic N) is 2. The second-order valence-electron chi connectivity index (χ2n) is 6.93. The number of hydrogen-bond donors (Lipinski definition) is 0. The zero-order valence-electron chi connectivity index (χ0n) is 16.4. The van der Waals surface area contributed by atoms with Gasteiger partial charge in [-0.05, 0) is 49.2 Å². The summed E-state index contributed by atoms with van der Waals surface area (Å²) >= 11 is 12.8. The Hall–Kier alpha value is -2.94. The molecule has 156 valence electrons. The van der Waals surface area contributed by atoms with E-state index in [0.717, 1.165) is 16.8 Å². The Morgan fingerprint density at radius 2 is 1.94 bits per heavy atom. The maximum atomic E-state index is 13.0. The molecule has 4 rings (SSSR count). The first-order valence-electron chi connectivity index (χ1n) is 9.14. The number of amides is 1. The van der Waals surface area contributed by atoms with E-state index in [2.05, 4.69) is 0 Å². The fourth-order valence-corrected chi connectivity index (χ4v) is 4.69. The summed E-state index contributed by atoms with van der Waals surface area (Å²) in [6, 6.07) is 13.4. The van der Waals surface area contributed by atoms with Gasteiger partial charge in [0, 0.05) is 23.8 Å². The monoisotopic (exact) mass is 470 g/mol. The fourth-order valence-electron chi connectivity index (χ4n) is 3.16. The van der Waals surface area contributed by atoms with Crippen LogP contribution in [0.25, 0.3) is 17.4 Å². The summed E-state index contributed by atoms with van der Waals surface area (Å²) < 4.78 is 6.28. The Balaban J connectivity index is 1.63. The number of non-ortho nitro benzene ring substituents is 1. The Morgan fingerprint density at radius 3 is 2.65 bits per heavy atom. The number of hydrogen-bond acceptors (Lipinski definition) is 6. The number of nitro benzene ring substituents is 1. The van der Waals surface area contributed by atoms with Crippen molar-refractivity contribution in [3.05, 3.63) is 85.5 Å². The van der Waals surface area contributed by atoms with Crippen molar-refractivity contribution in [2.75, 3.05) is 4.90 Å². The minimum absolute atomic E-state index is 0.101. The number of benzene rings is 2. The summed E-state index contributed by atoms with van der Waals surface area (Å²) in [4.78, 5) is 25.4. The van der Waals surface area contributed by atoms with Crippen LogP contribution in [-0.4, -0.2) is 15.2 Å². The van der Waals surface area contributed by atoms with Crippen molar-refractivity contribution >= 4 is 63.3 Å². The average molecular weight is 471 g/mol. The molecule has 1 aliphatic heterocycles. The van der Waals surface area contributed by atoms with Crippen molar-refractivity contribution in [2.45, 2.75) is 13.8 Å². The molecule has 0 aliphatic carbocycles. The summed E-state index contributed by atoms with van der Waals surface area (Å²) in [5.74, 6) is 0.678. The van der Waals surface area contributed by atoms with Gasteiger partial charge in [0.15, 0.2) is 4.32 Å². The third kappa shape index (κ3) is 4.14. The first-order chi connectivity index (χ1) is 14.7. The highest BCUT2D eigenvalue weighted by atomic mass is 35.5. The van der Waals surface area contributed by atoms with E-state index in [4.69, 9.17) is 28.2 Å². The van der Waals surface area contributed by atoms with Crippen LogP contribution in [0.15, 0.2) is 57.9 Å². The van der Waals surface area contributed by atoms with E-state index >= 15 is 0 Å². The van der Waals surface area contributed by atoms with Crippen LogP contribution in [0.4, 0.5) is 11.4 Å². The van der Waals surface area contributed by atoms with Crippen molar-refractivity contribution < 1.29 is 14.1 Å². The van der Waals surface area contributed by atoms with E-state index in [1.165, 1.54) is 34.9 Å². The zero-order valence-corrected chi connectivity index (χ0v) is 18.8. The normalized spacial score (nSPS) is 15.2. The lowest BCUT2D eigenvalue weighted by molar-refractivity contribution is -0.384. The van der Waals surface area contributed by atoms with Crippen LogP contribution in [0, 0.1) is 24.0 Å². The van der Waals surface area contributed by atoms with Crippen LogP contribution >= 0.6 is 35.6 Å². The van der Waals surface area contributed by atoms with E-state index in [0.29, 0.717) is 26.3 Å². The summed E-state index contributed by atoms with van der Waals surface area (Å²) in [5, 5.41) is 11.1. The molecular weight excluding hydrogens is 456 g/mol. The molecule has 1 fully saturated rings. The fraction of sp³-hybridized carbons (Fsp3) is 0.0909. The second kappa shape index (κ2) is 8.30. The SMILES string of the molecule is Cc1ccc(C)c(N2C(=O)/C(=C\c3ccc(-c4ccc([N+](=O)[O-])cc4Cl)o3)SC2=S)c1. The first kappa shape index (κ1) is 21.3. The van der Waals surface area contributed by atoms with Gasteiger partial charge in [0.05, 0.1) is 20.5 Å². The Labute approximate surface area is 192 Å². The molecule has 2 heterocycles. The van der Waals surface area contributed by atoms with Gasteiger partial charge in [-0.25, -0.2) is 0 Å². The number of aryl methyl sites for hydroxylation is 2. The number of thioether (sulfide) groups is 1. The number of carbonyl (C=O) groups excluding carboxylic acids is 1. The smallest absolute Gasteiger partial charge is 0.270 e. The van der Waals surface area contributed by atoms with Crippen molar-refractivity contribution in [2.24, 2.45) is 0 Å². The largest absolute Gasteiger partial charge is 0.457 e. The lowest BCUT2D eigenvalue weighted by atomic mass is 10.1. The molecular formula is C22H15ClN2O4S2. The lowest BCUT2D eigenvalue weighted by Crippen LogP contribution is -2.28. The number of thiocarbonyl (C=S) groups is 1. The quantitative estimate of drug-likeness (QED) is 0.187. The predicted octanol–water partition coefficient (Wildman–Crippen LogP) is 6.53. The number of halogens is 1. The summed E-state index contributed by atoms with van der Waals surface area (Å²) in [6.07, 6.45) is 1.63. The number of anilines is 1. The van der Waals surface area contributed by atoms with E-state index in [9.17, 15) is 14.9 Å². The molecule has 1 aromatic heterocycles. The number of furan rings is 1. The van der Waals surface area contributed by atoms with Gasteiger partial charge in [-0.15, -0.1) is 0 Å². The molecule has 31 heavy (non-hydrogen) atoms. The number of nitro groups is 1. The second-order valence-corrected chi connectivity index (χ2v) is 9.01. The molecule has 0 unspecified atom stereocenters. The lowest BCUT2D eigenvalue weighted by Gasteiger charge is -2.17. The zero-order chi connectivity index (χ0) is 22.3. The van der Waals surface area contributed by atoms with Crippen molar-refractivity contribution in [3.8, 4) is 11.3 Å². The molecule has 1 aliphatic rings. The van der Waals surface area contributed by atoms with Crippen LogP contribution in [0.5, 0.6) is 0 Å². The van der Waals surface area contributed by atoms with Crippen LogP contribution in [-0.2, 0) is 4.79 Å². The van der Waals surface area contributed by atoms with Gasteiger partial charge in [0.1, 0.15) is 11.5 Å². The van der Waals surface area contributed by atoms with Gasteiger partial charge in [0.2, 0.25) is 0 Å². The van der Waals surface area contributed by atoms with Crippen molar-refractivity contribution in [1.82, 2.24) is 0 Å². The highest BCUT2D eigenvalue weighted by Crippen LogP contribution is 2.38. The Morgan fingerprint density at radius 1 is 1.16 bits per heavy atom. The maximum Gasteiger partial charge on any atom is 0.270 e. The average Bonchev–Trinajstić information content (AvgIpc) is 3.28. The van der Waals surface area contributed by atoms with E-state index in [1.807, 2.05) is 32.0 Å². The topological polar surface area (TPSA) is 76.6 Å². The van der Waals surface area contributed by atoms with Gasteiger partial charge in [0.25, 0.3) is 11.6 Å². The molecule has 0 radical (unpaired) electrons. The standard InChI is InChI=1S/C22H15ClN2O4S2/c1-12-3-4-13(2)18(9-12)24-21(26)20(31-22(24)30)11-15-6-8-19(29-15)16-7-5-14(25(27)28)10-17(16)23/h3-11H,1-2H3/b20-11+. The first-order valence-corrected chi connectivity index (χ1v) is 10.7. The third-order valence-corrected chi connectivity index (χ3v) is 6.34. The van der Waals surface area contributed by atoms with E-state index in [1.54, 1.807) is 18.2 Å². The summed E-state index contributed by atoms with van der Waals surface area (Å²) in [6.45, 7) is 3.90. The molecule has 2 aromatic carbocycles. The molecule has 0 N–H and O–H groups in total. The Kier molecular flexibility index (Phi) is 5.70. The minimum Gasteiger partial charge on any atom is -0.457 e. The molecule has 0 saturated carbocycles. The summed E-state index contributed by atoms with van der Waals surface area (Å²) in [5.41, 5.74) is 3.18. The highest BCUT2D eigenvalue weighted by molar-refractivity contribution is 8.27. The van der Waals surface area contributed by atoms with Gasteiger partial charge in [-0.3, -0.25) is 19.8 Å². The summed E-state index contributed by atoms with van der Waals surface area (Å²) in [7, 11) is 0. The van der Waals surface area contributed by atoms with Gasteiger partial charge < -0.3 is 4.42 Å². The molecule has 0 atom stereocenters. The molecule has 0 spiro atoms.